The van der Waals surface area contributed by atoms with E-state index in [0.29, 0.717) is 17.0 Å². The molecule has 1 aromatic rings. The number of halogens is 1. The second-order valence-electron chi connectivity index (χ2n) is 4.86. The molecule has 0 saturated heterocycles. The number of rotatable bonds is 1. The molecule has 0 fully saturated rings. The highest BCUT2D eigenvalue weighted by Gasteiger charge is 2.26. The van der Waals surface area contributed by atoms with Crippen LogP contribution in [0.4, 0.5) is 0 Å². The molecule has 0 aromatic heterocycles. The van der Waals surface area contributed by atoms with Crippen molar-refractivity contribution in [3.8, 4) is 0 Å². The van der Waals surface area contributed by atoms with E-state index in [1.54, 1.807) is 12.1 Å². The molecule has 5 heteroatoms. The summed E-state index contributed by atoms with van der Waals surface area (Å²) in [6, 6.07) is 5.07. The zero-order valence-corrected chi connectivity index (χ0v) is 12.6. The summed E-state index contributed by atoms with van der Waals surface area (Å²) >= 11 is 5.96. The van der Waals surface area contributed by atoms with Gasteiger partial charge in [-0.1, -0.05) is 24.6 Å². The first-order valence-electron chi connectivity index (χ1n) is 6.58. The standard InChI is InChI=1S/C15H17ClN2O2/c1-4-14-17-8-13(19)15(20)12-7-10(16)5-6-11(12)9(2)18(14)3/h5-7,9H,4,8H2,1-3H3/b17-14-. The first-order valence-corrected chi connectivity index (χ1v) is 6.96. The monoisotopic (exact) mass is 292 g/mol. The number of carbonyl (C=O) groups excluding carboxylic acids is 2. The molecule has 0 N–H and O–H groups in total. The van der Waals surface area contributed by atoms with Gasteiger partial charge >= 0.3 is 0 Å². The molecule has 1 unspecified atom stereocenters. The smallest absolute Gasteiger partial charge is 0.230 e. The van der Waals surface area contributed by atoms with Crippen molar-refractivity contribution < 1.29 is 9.59 Å². The van der Waals surface area contributed by atoms with E-state index >= 15 is 0 Å². The van der Waals surface area contributed by atoms with Crippen molar-refractivity contribution in [2.45, 2.75) is 26.3 Å². The van der Waals surface area contributed by atoms with Gasteiger partial charge in [0.25, 0.3) is 0 Å². The Hall–Kier alpha value is -1.68. The third-order valence-corrected chi connectivity index (χ3v) is 3.91. The Morgan fingerprint density at radius 1 is 1.40 bits per heavy atom. The van der Waals surface area contributed by atoms with E-state index in [-0.39, 0.29) is 12.6 Å². The number of benzene rings is 1. The molecule has 1 aliphatic rings. The number of Topliss-reactive ketones (excluding diaryl/α,β-unsaturated/α-hetero) is 2. The maximum absolute atomic E-state index is 12.2. The summed E-state index contributed by atoms with van der Waals surface area (Å²) in [6.07, 6.45) is 0.714. The quantitative estimate of drug-likeness (QED) is 0.748. The van der Waals surface area contributed by atoms with Gasteiger partial charge in [0, 0.05) is 24.1 Å². The highest BCUT2D eigenvalue weighted by molar-refractivity contribution is 6.45. The molecule has 2 rings (SSSR count). The van der Waals surface area contributed by atoms with Gasteiger partial charge in [-0.2, -0.15) is 0 Å². The molecule has 20 heavy (non-hydrogen) atoms. The lowest BCUT2D eigenvalue weighted by Crippen LogP contribution is -2.29. The maximum atomic E-state index is 12.2. The first kappa shape index (κ1) is 14.7. The van der Waals surface area contributed by atoms with Crippen molar-refractivity contribution in [2.24, 2.45) is 4.99 Å². The number of aliphatic imine (C=N–C) groups is 1. The van der Waals surface area contributed by atoms with Gasteiger partial charge in [-0.15, -0.1) is 0 Å². The SMILES string of the molecule is CC/C1=N/CC(=O)C(=O)c2cc(Cl)ccc2C(C)N1C. The Morgan fingerprint density at radius 2 is 2.10 bits per heavy atom. The van der Waals surface area contributed by atoms with Gasteiger partial charge in [-0.25, -0.2) is 0 Å². The summed E-state index contributed by atoms with van der Waals surface area (Å²) < 4.78 is 0. The normalized spacial score (nSPS) is 22.5. The lowest BCUT2D eigenvalue weighted by atomic mass is 9.96. The van der Waals surface area contributed by atoms with Crippen LogP contribution in [0.15, 0.2) is 23.2 Å². The van der Waals surface area contributed by atoms with Crippen LogP contribution < -0.4 is 0 Å². The Kier molecular flexibility index (Phi) is 4.23. The van der Waals surface area contributed by atoms with E-state index in [1.165, 1.54) is 0 Å². The second-order valence-corrected chi connectivity index (χ2v) is 5.29. The summed E-state index contributed by atoms with van der Waals surface area (Å²) in [7, 11) is 1.92. The molecular formula is C15H17ClN2O2. The van der Waals surface area contributed by atoms with Gasteiger partial charge in [-0.05, 0) is 24.6 Å². The molecular weight excluding hydrogens is 276 g/mol. The molecule has 1 aromatic carbocycles. The van der Waals surface area contributed by atoms with E-state index < -0.39 is 11.6 Å². The van der Waals surface area contributed by atoms with Crippen LogP contribution in [0.1, 0.15) is 42.2 Å². The highest BCUT2D eigenvalue weighted by atomic mass is 35.5. The van der Waals surface area contributed by atoms with Gasteiger partial charge in [0.2, 0.25) is 11.6 Å². The van der Waals surface area contributed by atoms with Crippen LogP contribution in [0.2, 0.25) is 5.02 Å². The van der Waals surface area contributed by atoms with Crippen molar-refractivity contribution in [1.82, 2.24) is 4.90 Å². The predicted octanol–water partition coefficient (Wildman–Crippen LogP) is 2.91. The van der Waals surface area contributed by atoms with Crippen molar-refractivity contribution in [3.05, 3.63) is 34.3 Å². The number of hydrogen-bond acceptors (Lipinski definition) is 4. The number of ketones is 2. The average molecular weight is 293 g/mol. The Balaban J connectivity index is 2.61. The van der Waals surface area contributed by atoms with Crippen molar-refractivity contribution in [2.75, 3.05) is 13.6 Å². The average Bonchev–Trinajstić information content (AvgIpc) is 2.47. The van der Waals surface area contributed by atoms with E-state index in [0.717, 1.165) is 11.4 Å². The molecule has 0 aliphatic carbocycles. The number of amidine groups is 1. The Bertz CT molecular complexity index is 596. The van der Waals surface area contributed by atoms with E-state index in [4.69, 9.17) is 11.6 Å². The third kappa shape index (κ3) is 2.61. The lowest BCUT2D eigenvalue weighted by Gasteiger charge is -2.28. The van der Waals surface area contributed by atoms with Crippen LogP contribution in [-0.4, -0.2) is 35.9 Å². The molecule has 0 radical (unpaired) electrons. The zero-order chi connectivity index (χ0) is 14.9. The van der Waals surface area contributed by atoms with Crippen LogP contribution in [0, 0.1) is 0 Å². The minimum atomic E-state index is -0.510. The van der Waals surface area contributed by atoms with Gasteiger partial charge in [0.1, 0.15) is 6.54 Å². The molecule has 1 atom stereocenters. The van der Waals surface area contributed by atoms with Crippen molar-refractivity contribution in [3.63, 3.8) is 0 Å². The van der Waals surface area contributed by atoms with E-state index in [2.05, 4.69) is 4.99 Å². The molecule has 0 bridgehead atoms. The van der Waals surface area contributed by atoms with Crippen molar-refractivity contribution >= 4 is 29.0 Å². The molecule has 0 spiro atoms. The molecule has 1 heterocycles. The minimum absolute atomic E-state index is 0.0455. The van der Waals surface area contributed by atoms with Crippen LogP contribution in [-0.2, 0) is 4.79 Å². The topological polar surface area (TPSA) is 49.7 Å². The largest absolute Gasteiger partial charge is 0.357 e. The summed E-state index contributed by atoms with van der Waals surface area (Å²) in [5, 5.41) is 0.454. The summed E-state index contributed by atoms with van der Waals surface area (Å²) in [6.45, 7) is 3.86. The fourth-order valence-electron chi connectivity index (χ4n) is 2.38. The number of hydrogen-bond donors (Lipinski definition) is 0. The minimum Gasteiger partial charge on any atom is -0.357 e. The summed E-state index contributed by atoms with van der Waals surface area (Å²) in [5.74, 6) is -0.188. The van der Waals surface area contributed by atoms with E-state index in [1.807, 2.05) is 31.9 Å². The number of nitrogens with zero attached hydrogens (tertiary/aromatic N) is 2. The van der Waals surface area contributed by atoms with Gasteiger partial charge < -0.3 is 4.90 Å². The van der Waals surface area contributed by atoms with Gasteiger partial charge in [0.05, 0.1) is 11.9 Å². The second kappa shape index (κ2) is 5.75. The predicted molar refractivity (Wildman–Crippen MR) is 79.6 cm³/mol. The van der Waals surface area contributed by atoms with Crippen LogP contribution in [0.3, 0.4) is 0 Å². The molecule has 106 valence electrons. The highest BCUT2D eigenvalue weighted by Crippen LogP contribution is 2.27. The summed E-state index contributed by atoms with van der Waals surface area (Å²) in [4.78, 5) is 30.5. The number of carbonyl (C=O) groups is 2. The third-order valence-electron chi connectivity index (χ3n) is 3.67. The van der Waals surface area contributed by atoms with Crippen LogP contribution in [0.25, 0.3) is 0 Å². The Labute approximate surface area is 123 Å². The van der Waals surface area contributed by atoms with E-state index in [9.17, 15) is 9.59 Å². The number of fused-ring (bicyclic) bond motifs is 1. The van der Waals surface area contributed by atoms with Gasteiger partial charge in [0.15, 0.2) is 0 Å². The van der Waals surface area contributed by atoms with Crippen molar-refractivity contribution in [1.29, 1.82) is 0 Å². The maximum Gasteiger partial charge on any atom is 0.230 e. The molecule has 4 nitrogen and oxygen atoms in total. The first-order chi connectivity index (χ1) is 9.45. The van der Waals surface area contributed by atoms with Crippen LogP contribution in [0.5, 0.6) is 0 Å². The lowest BCUT2D eigenvalue weighted by molar-refractivity contribution is -0.113. The Morgan fingerprint density at radius 3 is 2.75 bits per heavy atom. The fourth-order valence-corrected chi connectivity index (χ4v) is 2.55. The zero-order valence-electron chi connectivity index (χ0n) is 11.8. The summed E-state index contributed by atoms with van der Waals surface area (Å²) in [5.41, 5.74) is 1.19. The molecule has 0 saturated carbocycles. The van der Waals surface area contributed by atoms with Gasteiger partial charge in [-0.3, -0.25) is 14.6 Å². The van der Waals surface area contributed by atoms with Crippen LogP contribution >= 0.6 is 11.6 Å². The molecule has 1 aliphatic heterocycles. The molecule has 0 amide bonds. The fraction of sp³-hybridized carbons (Fsp3) is 0.400.